The van der Waals surface area contributed by atoms with Crippen LogP contribution in [0.25, 0.3) is 0 Å². The highest BCUT2D eigenvalue weighted by atomic mass is 19.4. The predicted molar refractivity (Wildman–Crippen MR) is 53.9 cm³/mol. The van der Waals surface area contributed by atoms with Gasteiger partial charge in [0.1, 0.15) is 6.54 Å². The van der Waals surface area contributed by atoms with Gasteiger partial charge in [0.15, 0.2) is 0 Å². The molecule has 2 N–H and O–H groups in total. The summed E-state index contributed by atoms with van der Waals surface area (Å²) in [7, 11) is 0. The van der Waals surface area contributed by atoms with Gasteiger partial charge in [-0.25, -0.2) is 9.59 Å². The van der Waals surface area contributed by atoms with Gasteiger partial charge in [-0.05, 0) is 13.8 Å². The number of halogens is 6. The largest absolute Gasteiger partial charge is 0.479 e. The number of carboxylic acid groups (broad SMARTS) is 1. The maximum Gasteiger partial charge on any atom is 0.422 e. The molecule has 0 fully saturated rings. The van der Waals surface area contributed by atoms with Crippen molar-refractivity contribution in [1.29, 1.82) is 0 Å². The third-order valence-electron chi connectivity index (χ3n) is 2.39. The molecule has 0 radical (unpaired) electrons. The molecule has 0 bridgehead atoms. The number of hydrogen-bond donors (Lipinski definition) is 2. The van der Waals surface area contributed by atoms with Crippen LogP contribution in [0.15, 0.2) is 0 Å². The zero-order valence-corrected chi connectivity index (χ0v) is 10.4. The molecular weight excluding hydrogens is 298 g/mol. The van der Waals surface area contributed by atoms with Crippen molar-refractivity contribution in [2.24, 2.45) is 0 Å². The molecule has 0 rings (SSSR count). The van der Waals surface area contributed by atoms with Gasteiger partial charge in [-0.2, -0.15) is 26.3 Å². The Balaban J connectivity index is 5.16. The molecule has 0 spiro atoms. The standard InChI is InChI=1S/C9H12F6N2O3/c1-3-17(4-8(10,11)12)6(20)16-7(2,5(18)19)9(13,14)15/h3-4H2,1-2H3,(H,16,20)(H,18,19). The molecule has 20 heavy (non-hydrogen) atoms. The van der Waals surface area contributed by atoms with Gasteiger partial charge < -0.3 is 15.3 Å². The van der Waals surface area contributed by atoms with Gasteiger partial charge in [-0.15, -0.1) is 0 Å². The number of rotatable bonds is 4. The van der Waals surface area contributed by atoms with Crippen molar-refractivity contribution in [2.45, 2.75) is 31.7 Å². The van der Waals surface area contributed by atoms with Crippen molar-refractivity contribution in [3.05, 3.63) is 0 Å². The van der Waals surface area contributed by atoms with Gasteiger partial charge >= 0.3 is 24.4 Å². The van der Waals surface area contributed by atoms with E-state index in [0.29, 0.717) is 0 Å². The van der Waals surface area contributed by atoms with Gasteiger partial charge in [0, 0.05) is 6.54 Å². The van der Waals surface area contributed by atoms with E-state index in [1.54, 1.807) is 0 Å². The monoisotopic (exact) mass is 310 g/mol. The lowest BCUT2D eigenvalue weighted by Gasteiger charge is -2.31. The minimum atomic E-state index is -5.37. The Morgan fingerprint density at radius 1 is 1.15 bits per heavy atom. The molecule has 1 atom stereocenters. The van der Waals surface area contributed by atoms with Crippen LogP contribution in [-0.2, 0) is 4.79 Å². The first kappa shape index (κ1) is 18.3. The highest BCUT2D eigenvalue weighted by Crippen LogP contribution is 2.30. The Hall–Kier alpha value is -1.68. The lowest BCUT2D eigenvalue weighted by atomic mass is 10.0. The van der Waals surface area contributed by atoms with E-state index in [2.05, 4.69) is 0 Å². The fourth-order valence-corrected chi connectivity index (χ4v) is 1.08. The second kappa shape index (κ2) is 5.75. The van der Waals surface area contributed by atoms with Crippen LogP contribution in [-0.4, -0.2) is 53.0 Å². The summed E-state index contributed by atoms with van der Waals surface area (Å²) in [6.07, 6.45) is -10.2. The normalized spacial score (nSPS) is 15.4. The molecular formula is C9H12F6N2O3. The fraction of sp³-hybridized carbons (Fsp3) is 0.778. The van der Waals surface area contributed by atoms with Gasteiger partial charge in [0.25, 0.3) is 0 Å². The van der Waals surface area contributed by atoms with E-state index in [-0.39, 0.29) is 11.8 Å². The molecule has 0 aromatic carbocycles. The molecule has 118 valence electrons. The van der Waals surface area contributed by atoms with Crippen molar-refractivity contribution in [1.82, 2.24) is 10.2 Å². The molecule has 2 amide bonds. The first-order valence-electron chi connectivity index (χ1n) is 5.18. The average Bonchev–Trinajstić information content (AvgIpc) is 2.22. The second-order valence-corrected chi connectivity index (χ2v) is 3.99. The third kappa shape index (κ3) is 4.46. The van der Waals surface area contributed by atoms with Crippen LogP contribution in [0, 0.1) is 0 Å². The molecule has 0 aliphatic carbocycles. The lowest BCUT2D eigenvalue weighted by molar-refractivity contribution is -0.203. The SMILES string of the molecule is CCN(CC(F)(F)F)C(=O)NC(C)(C(=O)O)C(F)(F)F. The van der Waals surface area contributed by atoms with Crippen LogP contribution in [0.1, 0.15) is 13.8 Å². The van der Waals surface area contributed by atoms with E-state index >= 15 is 0 Å². The van der Waals surface area contributed by atoms with E-state index in [1.807, 2.05) is 0 Å². The zero-order chi connectivity index (χ0) is 16.4. The number of carbonyl (C=O) groups is 2. The highest BCUT2D eigenvalue weighted by molar-refractivity contribution is 5.86. The molecule has 0 aliphatic rings. The number of carbonyl (C=O) groups excluding carboxylic acids is 1. The van der Waals surface area contributed by atoms with Crippen LogP contribution < -0.4 is 5.32 Å². The second-order valence-electron chi connectivity index (χ2n) is 3.99. The average molecular weight is 310 g/mol. The molecule has 1 unspecified atom stereocenters. The first-order chi connectivity index (χ1) is 8.74. The number of aliphatic carboxylic acids is 1. The van der Waals surface area contributed by atoms with Crippen molar-refractivity contribution >= 4 is 12.0 Å². The molecule has 0 saturated heterocycles. The molecule has 0 saturated carbocycles. The van der Waals surface area contributed by atoms with Crippen LogP contribution in [0.4, 0.5) is 31.1 Å². The number of nitrogens with one attached hydrogen (secondary N) is 1. The van der Waals surface area contributed by atoms with Crippen LogP contribution in [0.5, 0.6) is 0 Å². The van der Waals surface area contributed by atoms with E-state index in [9.17, 15) is 35.9 Å². The maximum absolute atomic E-state index is 12.6. The third-order valence-corrected chi connectivity index (χ3v) is 2.39. The lowest BCUT2D eigenvalue weighted by Crippen LogP contribution is -2.64. The van der Waals surface area contributed by atoms with Crippen molar-refractivity contribution < 1.29 is 41.0 Å². The Morgan fingerprint density at radius 2 is 1.60 bits per heavy atom. The highest BCUT2D eigenvalue weighted by Gasteiger charge is 2.59. The van der Waals surface area contributed by atoms with Crippen molar-refractivity contribution in [2.75, 3.05) is 13.1 Å². The quantitative estimate of drug-likeness (QED) is 0.780. The van der Waals surface area contributed by atoms with Gasteiger partial charge in [0.05, 0.1) is 0 Å². The molecule has 11 heteroatoms. The molecule has 0 aromatic heterocycles. The van der Waals surface area contributed by atoms with Crippen molar-refractivity contribution in [3.63, 3.8) is 0 Å². The van der Waals surface area contributed by atoms with E-state index in [1.165, 1.54) is 0 Å². The molecule has 0 heterocycles. The molecule has 0 aliphatic heterocycles. The Morgan fingerprint density at radius 3 is 1.85 bits per heavy atom. The summed E-state index contributed by atoms with van der Waals surface area (Å²) in [6, 6.07) is -1.77. The van der Waals surface area contributed by atoms with Crippen molar-refractivity contribution in [3.8, 4) is 0 Å². The Bertz CT molecular complexity index is 381. The number of hydrogen-bond acceptors (Lipinski definition) is 2. The molecule has 5 nitrogen and oxygen atoms in total. The number of alkyl halides is 6. The van der Waals surface area contributed by atoms with Gasteiger partial charge in [0.2, 0.25) is 5.54 Å². The smallest absolute Gasteiger partial charge is 0.422 e. The summed E-state index contributed by atoms with van der Waals surface area (Å²) in [5.41, 5.74) is -3.68. The van der Waals surface area contributed by atoms with Crippen LogP contribution in [0.2, 0.25) is 0 Å². The topological polar surface area (TPSA) is 69.6 Å². The maximum atomic E-state index is 12.6. The predicted octanol–water partition coefficient (Wildman–Crippen LogP) is 1.99. The summed E-state index contributed by atoms with van der Waals surface area (Å²) < 4.78 is 74.1. The van der Waals surface area contributed by atoms with Gasteiger partial charge in [-0.3, -0.25) is 0 Å². The van der Waals surface area contributed by atoms with E-state index in [4.69, 9.17) is 5.11 Å². The zero-order valence-electron chi connectivity index (χ0n) is 10.4. The summed E-state index contributed by atoms with van der Waals surface area (Å²) in [5, 5.41) is 9.60. The Kier molecular flexibility index (Phi) is 5.27. The van der Waals surface area contributed by atoms with E-state index in [0.717, 1.165) is 12.2 Å². The number of nitrogens with zero attached hydrogens (tertiary/aromatic N) is 1. The van der Waals surface area contributed by atoms with Crippen LogP contribution in [0.3, 0.4) is 0 Å². The van der Waals surface area contributed by atoms with E-state index < -0.39 is 43.0 Å². The minimum absolute atomic E-state index is 0.0208. The first-order valence-corrected chi connectivity index (χ1v) is 5.18. The number of amides is 2. The fourth-order valence-electron chi connectivity index (χ4n) is 1.08. The number of urea groups is 1. The Labute approximate surface area is 109 Å². The summed E-state index contributed by atoms with van der Waals surface area (Å²) >= 11 is 0. The summed E-state index contributed by atoms with van der Waals surface area (Å²) in [5.74, 6) is -2.43. The minimum Gasteiger partial charge on any atom is -0.479 e. The number of carboxylic acids is 1. The van der Waals surface area contributed by atoms with Gasteiger partial charge in [-0.1, -0.05) is 0 Å². The molecule has 0 aromatic rings. The summed E-state index contributed by atoms with van der Waals surface area (Å²) in [4.78, 5) is 22.0. The summed E-state index contributed by atoms with van der Waals surface area (Å²) in [6.45, 7) is -1.08. The van der Waals surface area contributed by atoms with Crippen LogP contribution >= 0.6 is 0 Å².